The topological polar surface area (TPSA) is 50.8 Å². The van der Waals surface area contributed by atoms with E-state index in [1.165, 1.54) is 29.2 Å². The summed E-state index contributed by atoms with van der Waals surface area (Å²) in [6.07, 6.45) is 6.21. The van der Waals surface area contributed by atoms with E-state index in [9.17, 15) is 4.79 Å². The van der Waals surface area contributed by atoms with Crippen LogP contribution >= 0.6 is 0 Å². The summed E-state index contributed by atoms with van der Waals surface area (Å²) in [5.41, 5.74) is 3.42. The van der Waals surface area contributed by atoms with Gasteiger partial charge in [-0.05, 0) is 80.5 Å². The Morgan fingerprint density at radius 3 is 2.69 bits per heavy atom. The number of rotatable bonds is 9. The summed E-state index contributed by atoms with van der Waals surface area (Å²) in [7, 11) is 0. The standard InChI is InChI=1S/C31H38N2O3/c1-3-35-31(34)20-24-19-26(15-16-30(24)36-27-11-5-6-12-27)33-18-17-25(21-33)32-22(2)28-14-8-10-23-9-4-7-13-29(23)28/h4,7-10,13-16,19,22,25,27,32H,3,5-6,11-12,17-18,20-21H2,1-2H3/t22-,25+/m1/s1. The summed E-state index contributed by atoms with van der Waals surface area (Å²) >= 11 is 0. The number of nitrogens with zero attached hydrogens (tertiary/aromatic N) is 1. The zero-order valence-electron chi connectivity index (χ0n) is 21.5. The number of fused-ring (bicyclic) bond motifs is 1. The lowest BCUT2D eigenvalue weighted by Crippen LogP contribution is -2.34. The molecule has 1 heterocycles. The quantitative estimate of drug-likeness (QED) is 0.365. The maximum Gasteiger partial charge on any atom is 0.310 e. The summed E-state index contributed by atoms with van der Waals surface area (Å²) in [5, 5.41) is 6.47. The molecule has 190 valence electrons. The smallest absolute Gasteiger partial charge is 0.310 e. The molecule has 3 aromatic carbocycles. The Hall–Kier alpha value is -3.05. The lowest BCUT2D eigenvalue weighted by atomic mass is 9.99. The zero-order chi connectivity index (χ0) is 24.9. The fraction of sp³-hybridized carbons (Fsp3) is 0.452. The summed E-state index contributed by atoms with van der Waals surface area (Å²) in [5.74, 6) is 0.632. The Morgan fingerprint density at radius 1 is 1.06 bits per heavy atom. The molecule has 2 fully saturated rings. The van der Waals surface area contributed by atoms with Gasteiger partial charge >= 0.3 is 5.97 Å². The molecule has 5 rings (SSSR count). The number of ether oxygens (including phenoxy) is 2. The minimum absolute atomic E-state index is 0.198. The number of carbonyl (C=O) groups is 1. The molecule has 3 aromatic rings. The van der Waals surface area contributed by atoms with Crippen LogP contribution in [0.15, 0.2) is 60.7 Å². The van der Waals surface area contributed by atoms with E-state index < -0.39 is 0 Å². The highest BCUT2D eigenvalue weighted by atomic mass is 16.5. The third-order valence-electron chi connectivity index (χ3n) is 7.61. The van der Waals surface area contributed by atoms with E-state index in [1.807, 2.05) is 6.92 Å². The van der Waals surface area contributed by atoms with Gasteiger partial charge in [0.05, 0.1) is 19.1 Å². The second-order valence-electron chi connectivity index (χ2n) is 10.2. The van der Waals surface area contributed by atoms with Crippen LogP contribution in [0.4, 0.5) is 5.69 Å². The maximum atomic E-state index is 12.3. The number of hydrogen-bond acceptors (Lipinski definition) is 5. The molecule has 1 aliphatic heterocycles. The Bertz CT molecular complexity index is 1180. The van der Waals surface area contributed by atoms with Gasteiger partial charge in [0.1, 0.15) is 5.75 Å². The number of hydrogen-bond donors (Lipinski definition) is 1. The highest BCUT2D eigenvalue weighted by molar-refractivity contribution is 5.86. The van der Waals surface area contributed by atoms with Crippen molar-refractivity contribution in [1.29, 1.82) is 0 Å². The molecular formula is C31H38N2O3. The van der Waals surface area contributed by atoms with Crippen molar-refractivity contribution in [3.05, 3.63) is 71.8 Å². The highest BCUT2D eigenvalue weighted by Gasteiger charge is 2.26. The van der Waals surface area contributed by atoms with E-state index in [0.29, 0.717) is 12.6 Å². The van der Waals surface area contributed by atoms with Gasteiger partial charge in [-0.25, -0.2) is 0 Å². The van der Waals surface area contributed by atoms with Crippen LogP contribution in [0.3, 0.4) is 0 Å². The van der Waals surface area contributed by atoms with Crippen molar-refractivity contribution in [2.45, 2.75) is 70.6 Å². The summed E-state index contributed by atoms with van der Waals surface area (Å²) in [4.78, 5) is 14.8. The first-order valence-corrected chi connectivity index (χ1v) is 13.5. The molecule has 0 aromatic heterocycles. The van der Waals surface area contributed by atoms with Gasteiger partial charge in [-0.15, -0.1) is 0 Å². The maximum absolute atomic E-state index is 12.3. The Kier molecular flexibility index (Phi) is 7.76. The first kappa shape index (κ1) is 24.6. The van der Waals surface area contributed by atoms with E-state index in [-0.39, 0.29) is 24.5 Å². The summed E-state index contributed by atoms with van der Waals surface area (Å²) < 4.78 is 11.6. The second kappa shape index (κ2) is 11.3. The van der Waals surface area contributed by atoms with Crippen LogP contribution in [0.2, 0.25) is 0 Å². The summed E-state index contributed by atoms with van der Waals surface area (Å²) in [6.45, 7) is 6.43. The molecule has 1 N–H and O–H groups in total. The molecule has 5 heteroatoms. The van der Waals surface area contributed by atoms with Crippen LogP contribution in [0.1, 0.15) is 63.1 Å². The van der Waals surface area contributed by atoms with Crippen molar-refractivity contribution in [3.63, 3.8) is 0 Å². The number of anilines is 1. The van der Waals surface area contributed by atoms with Gasteiger partial charge in [-0.3, -0.25) is 4.79 Å². The molecule has 0 unspecified atom stereocenters. The zero-order valence-corrected chi connectivity index (χ0v) is 21.5. The van der Waals surface area contributed by atoms with Crippen LogP contribution in [-0.4, -0.2) is 37.8 Å². The fourth-order valence-electron chi connectivity index (χ4n) is 5.77. The van der Waals surface area contributed by atoms with Crippen molar-refractivity contribution >= 4 is 22.4 Å². The third-order valence-corrected chi connectivity index (χ3v) is 7.61. The third kappa shape index (κ3) is 5.67. The predicted octanol–water partition coefficient (Wildman–Crippen LogP) is 6.20. The molecule has 0 spiro atoms. The lowest BCUT2D eigenvalue weighted by molar-refractivity contribution is -0.142. The number of esters is 1. The van der Waals surface area contributed by atoms with Crippen molar-refractivity contribution < 1.29 is 14.3 Å². The van der Waals surface area contributed by atoms with Gasteiger partial charge in [-0.1, -0.05) is 42.5 Å². The molecule has 0 radical (unpaired) electrons. The fourth-order valence-corrected chi connectivity index (χ4v) is 5.77. The van der Waals surface area contributed by atoms with Gasteiger partial charge in [-0.2, -0.15) is 0 Å². The molecule has 0 bridgehead atoms. The monoisotopic (exact) mass is 486 g/mol. The van der Waals surface area contributed by atoms with Crippen LogP contribution in [0.5, 0.6) is 5.75 Å². The second-order valence-corrected chi connectivity index (χ2v) is 10.2. The predicted molar refractivity (Wildman–Crippen MR) is 146 cm³/mol. The molecule has 1 aliphatic carbocycles. The van der Waals surface area contributed by atoms with Gasteiger partial charge in [0.15, 0.2) is 0 Å². The van der Waals surface area contributed by atoms with Crippen molar-refractivity contribution in [1.82, 2.24) is 5.32 Å². The average molecular weight is 487 g/mol. The highest BCUT2D eigenvalue weighted by Crippen LogP contribution is 2.32. The molecule has 36 heavy (non-hydrogen) atoms. The van der Waals surface area contributed by atoms with E-state index in [0.717, 1.165) is 49.4 Å². The van der Waals surface area contributed by atoms with E-state index in [1.54, 1.807) is 0 Å². The minimum atomic E-state index is -0.198. The van der Waals surface area contributed by atoms with Crippen molar-refractivity contribution in [2.75, 3.05) is 24.6 Å². The first-order chi connectivity index (χ1) is 17.6. The Morgan fingerprint density at radius 2 is 1.86 bits per heavy atom. The van der Waals surface area contributed by atoms with Crippen molar-refractivity contribution in [3.8, 4) is 5.75 Å². The molecular weight excluding hydrogens is 448 g/mol. The molecule has 0 amide bonds. The Labute approximate surface area is 214 Å². The lowest BCUT2D eigenvalue weighted by Gasteiger charge is -2.24. The molecule has 1 saturated heterocycles. The normalized spacial score (nSPS) is 19.1. The minimum Gasteiger partial charge on any atom is -0.490 e. The van der Waals surface area contributed by atoms with Crippen LogP contribution in [0, 0.1) is 0 Å². The van der Waals surface area contributed by atoms with Gasteiger partial charge in [0.2, 0.25) is 0 Å². The van der Waals surface area contributed by atoms with Gasteiger partial charge in [0.25, 0.3) is 0 Å². The van der Waals surface area contributed by atoms with Gasteiger partial charge < -0.3 is 19.7 Å². The van der Waals surface area contributed by atoms with Crippen molar-refractivity contribution in [2.24, 2.45) is 0 Å². The number of benzene rings is 3. The molecule has 1 saturated carbocycles. The van der Waals surface area contributed by atoms with Gasteiger partial charge in [0, 0.05) is 36.4 Å². The average Bonchev–Trinajstić information content (AvgIpc) is 3.57. The van der Waals surface area contributed by atoms with E-state index in [2.05, 4.69) is 77.8 Å². The van der Waals surface area contributed by atoms with Crippen LogP contribution in [-0.2, 0) is 16.0 Å². The number of nitrogens with one attached hydrogen (secondary N) is 1. The van der Waals surface area contributed by atoms with E-state index in [4.69, 9.17) is 9.47 Å². The first-order valence-electron chi connectivity index (χ1n) is 13.5. The molecule has 5 nitrogen and oxygen atoms in total. The summed E-state index contributed by atoms with van der Waals surface area (Å²) in [6, 6.07) is 22.2. The van der Waals surface area contributed by atoms with Crippen LogP contribution < -0.4 is 15.0 Å². The number of carbonyl (C=O) groups excluding carboxylic acids is 1. The molecule has 2 aliphatic rings. The largest absolute Gasteiger partial charge is 0.490 e. The SMILES string of the molecule is CCOC(=O)Cc1cc(N2CC[C@H](N[C@H](C)c3cccc4ccccc34)C2)ccc1OC1CCCC1. The van der Waals surface area contributed by atoms with Crippen LogP contribution in [0.25, 0.3) is 10.8 Å². The van der Waals surface area contributed by atoms with E-state index >= 15 is 0 Å². The Balaban J connectivity index is 1.28. The molecule has 2 atom stereocenters.